The molecule has 0 saturated heterocycles. The highest BCUT2D eigenvalue weighted by Crippen LogP contribution is 2.35. The lowest BCUT2D eigenvalue weighted by atomic mass is 10.1. The average Bonchev–Trinajstić information content (AvgIpc) is 2.34. The van der Waals surface area contributed by atoms with E-state index in [9.17, 15) is 10.1 Å². The molecule has 0 spiro atoms. The number of hydrogen-bond acceptors (Lipinski definition) is 5. The van der Waals surface area contributed by atoms with Crippen LogP contribution in [0.25, 0.3) is 0 Å². The first-order valence-electron chi connectivity index (χ1n) is 5.38. The van der Waals surface area contributed by atoms with Gasteiger partial charge in [0.1, 0.15) is 6.33 Å². The number of ether oxygens (including phenoxy) is 1. The average molecular weight is 371 g/mol. The summed E-state index contributed by atoms with van der Waals surface area (Å²) in [6.07, 6.45) is 2.92. The molecular weight excluding hydrogens is 361 g/mol. The fourth-order valence-electron chi connectivity index (χ4n) is 1.67. The molecule has 0 unspecified atom stereocenters. The Morgan fingerprint density at radius 1 is 1.37 bits per heavy atom. The third-order valence-electron chi connectivity index (χ3n) is 2.43. The van der Waals surface area contributed by atoms with Crippen molar-refractivity contribution in [3.05, 3.63) is 49.5 Å². The molecule has 1 heterocycles. The predicted octanol–water partition coefficient (Wildman–Crippen LogP) is 3.40. The van der Waals surface area contributed by atoms with Crippen LogP contribution < -0.4 is 4.74 Å². The lowest BCUT2D eigenvalue weighted by Gasteiger charge is -2.10. The minimum Gasteiger partial charge on any atom is -0.430 e. The van der Waals surface area contributed by atoms with Crippen LogP contribution in [0.1, 0.15) is 11.1 Å². The monoisotopic (exact) mass is 371 g/mol. The number of nitro benzene ring substituents is 1. The normalized spacial score (nSPS) is 10.3. The van der Waals surface area contributed by atoms with Crippen LogP contribution in [0.5, 0.6) is 11.6 Å². The molecule has 0 aliphatic heterocycles. The summed E-state index contributed by atoms with van der Waals surface area (Å²) in [5.74, 6) is 0.526. The highest BCUT2D eigenvalue weighted by molar-refractivity contribution is 14.1. The molecule has 0 N–H and O–H groups in total. The quantitative estimate of drug-likeness (QED) is 0.470. The Hall–Kier alpha value is -1.77. The summed E-state index contributed by atoms with van der Waals surface area (Å²) in [5, 5.41) is 11.1. The molecule has 1 aromatic carbocycles. The van der Waals surface area contributed by atoms with Crippen LogP contribution in [0.4, 0.5) is 5.69 Å². The van der Waals surface area contributed by atoms with Crippen molar-refractivity contribution in [1.29, 1.82) is 0 Å². The van der Waals surface area contributed by atoms with Gasteiger partial charge in [-0.25, -0.2) is 9.97 Å². The van der Waals surface area contributed by atoms with E-state index in [1.165, 1.54) is 12.4 Å². The maximum absolute atomic E-state index is 11.1. The summed E-state index contributed by atoms with van der Waals surface area (Å²) in [6.45, 7) is 3.57. The molecule has 0 aliphatic carbocycles. The summed E-state index contributed by atoms with van der Waals surface area (Å²) in [6, 6.07) is 3.31. The zero-order chi connectivity index (χ0) is 14.0. The topological polar surface area (TPSA) is 78.2 Å². The first-order chi connectivity index (χ1) is 8.99. The van der Waals surface area contributed by atoms with Crippen molar-refractivity contribution in [1.82, 2.24) is 9.97 Å². The number of nitrogens with zero attached hydrogens (tertiary/aromatic N) is 3. The molecule has 98 valence electrons. The van der Waals surface area contributed by atoms with E-state index in [-0.39, 0.29) is 11.4 Å². The van der Waals surface area contributed by atoms with Gasteiger partial charge in [0.25, 0.3) is 0 Å². The highest BCUT2D eigenvalue weighted by Gasteiger charge is 2.20. The Labute approximate surface area is 123 Å². The number of hydrogen-bond donors (Lipinski definition) is 0. The minimum atomic E-state index is -0.455. The fourth-order valence-corrected chi connectivity index (χ4v) is 2.08. The van der Waals surface area contributed by atoms with Crippen LogP contribution in [0.3, 0.4) is 0 Å². The Balaban J connectivity index is 2.51. The number of rotatable bonds is 3. The lowest BCUT2D eigenvalue weighted by molar-refractivity contribution is -0.385. The zero-order valence-corrected chi connectivity index (χ0v) is 12.4. The van der Waals surface area contributed by atoms with Crippen LogP contribution in [-0.4, -0.2) is 14.9 Å². The van der Waals surface area contributed by atoms with Crippen LogP contribution >= 0.6 is 22.6 Å². The number of nitro groups is 1. The molecule has 7 heteroatoms. The van der Waals surface area contributed by atoms with Gasteiger partial charge in [-0.05, 0) is 47.6 Å². The van der Waals surface area contributed by atoms with Gasteiger partial charge in [-0.15, -0.1) is 0 Å². The van der Waals surface area contributed by atoms with Crippen molar-refractivity contribution >= 4 is 28.3 Å². The van der Waals surface area contributed by atoms with Crippen molar-refractivity contribution in [2.75, 3.05) is 0 Å². The number of benzene rings is 1. The van der Waals surface area contributed by atoms with Crippen LogP contribution in [0, 0.1) is 27.5 Å². The van der Waals surface area contributed by atoms with Gasteiger partial charge in [0, 0.05) is 12.3 Å². The van der Waals surface area contributed by atoms with E-state index < -0.39 is 4.92 Å². The summed E-state index contributed by atoms with van der Waals surface area (Å²) >= 11 is 2.01. The van der Waals surface area contributed by atoms with Gasteiger partial charge in [0.15, 0.2) is 0 Å². The van der Waals surface area contributed by atoms with Gasteiger partial charge in [-0.2, -0.15) is 0 Å². The van der Waals surface area contributed by atoms with Gasteiger partial charge in [0.05, 0.1) is 8.49 Å². The molecule has 0 radical (unpaired) electrons. The van der Waals surface area contributed by atoms with Crippen LogP contribution in [-0.2, 0) is 0 Å². The van der Waals surface area contributed by atoms with Crippen LogP contribution in [0.2, 0.25) is 0 Å². The Bertz CT molecular complexity index is 646. The van der Waals surface area contributed by atoms with E-state index in [1.807, 2.05) is 28.7 Å². The summed E-state index contributed by atoms with van der Waals surface area (Å²) in [7, 11) is 0. The number of aromatic nitrogens is 2. The maximum Gasteiger partial charge on any atom is 0.312 e. The van der Waals surface area contributed by atoms with Gasteiger partial charge >= 0.3 is 5.69 Å². The van der Waals surface area contributed by atoms with E-state index in [1.54, 1.807) is 20.0 Å². The van der Waals surface area contributed by atoms with E-state index in [0.717, 1.165) is 5.56 Å². The maximum atomic E-state index is 11.1. The van der Waals surface area contributed by atoms with Crippen molar-refractivity contribution in [3.8, 4) is 11.6 Å². The minimum absolute atomic E-state index is 0.0630. The Morgan fingerprint density at radius 3 is 2.74 bits per heavy atom. The predicted molar refractivity (Wildman–Crippen MR) is 77.4 cm³/mol. The molecule has 1 aromatic heterocycles. The summed E-state index contributed by atoms with van der Waals surface area (Å²) in [4.78, 5) is 18.5. The summed E-state index contributed by atoms with van der Waals surface area (Å²) in [5.41, 5.74) is 1.45. The zero-order valence-electron chi connectivity index (χ0n) is 10.3. The number of halogens is 1. The van der Waals surface area contributed by atoms with Crippen molar-refractivity contribution in [3.63, 3.8) is 0 Å². The number of aryl methyl sites for hydroxylation is 2. The second-order valence-electron chi connectivity index (χ2n) is 3.97. The molecule has 0 saturated carbocycles. The van der Waals surface area contributed by atoms with Gasteiger partial charge < -0.3 is 4.74 Å². The Kier molecular flexibility index (Phi) is 3.93. The third kappa shape index (κ3) is 2.98. The molecule has 19 heavy (non-hydrogen) atoms. The van der Waals surface area contributed by atoms with Crippen molar-refractivity contribution in [2.45, 2.75) is 13.8 Å². The molecule has 6 nitrogen and oxygen atoms in total. The molecule has 0 aliphatic rings. The van der Waals surface area contributed by atoms with E-state index in [4.69, 9.17) is 4.74 Å². The van der Waals surface area contributed by atoms with E-state index in [2.05, 4.69) is 9.97 Å². The smallest absolute Gasteiger partial charge is 0.312 e. The Morgan fingerprint density at radius 2 is 2.11 bits per heavy atom. The van der Waals surface area contributed by atoms with E-state index in [0.29, 0.717) is 15.0 Å². The molecule has 0 atom stereocenters. The summed E-state index contributed by atoms with van der Waals surface area (Å²) < 4.78 is 6.28. The molecule has 0 amide bonds. The fraction of sp³-hybridized carbons (Fsp3) is 0.167. The highest BCUT2D eigenvalue weighted by atomic mass is 127. The molecule has 0 bridgehead atoms. The van der Waals surface area contributed by atoms with E-state index >= 15 is 0 Å². The van der Waals surface area contributed by atoms with Crippen molar-refractivity contribution < 1.29 is 9.66 Å². The van der Waals surface area contributed by atoms with Crippen molar-refractivity contribution in [2.24, 2.45) is 0 Å². The standard InChI is InChI=1S/C12H10IN3O3/c1-7-3-8(2)11(10(4-7)16(17)18)19-12-9(13)5-14-6-15-12/h3-6H,1-2H3. The second kappa shape index (κ2) is 5.47. The molecule has 0 fully saturated rings. The lowest BCUT2D eigenvalue weighted by Crippen LogP contribution is -1.99. The SMILES string of the molecule is Cc1cc(C)c(Oc2ncncc2I)c([N+](=O)[O-])c1. The molecule has 2 aromatic rings. The van der Waals surface area contributed by atoms with Gasteiger partial charge in [0.2, 0.25) is 11.6 Å². The third-order valence-corrected chi connectivity index (χ3v) is 3.17. The van der Waals surface area contributed by atoms with Gasteiger partial charge in [-0.1, -0.05) is 6.07 Å². The van der Waals surface area contributed by atoms with Crippen LogP contribution in [0.15, 0.2) is 24.7 Å². The molecular formula is C12H10IN3O3. The van der Waals surface area contributed by atoms with Gasteiger partial charge in [-0.3, -0.25) is 10.1 Å². The first-order valence-corrected chi connectivity index (χ1v) is 6.46. The molecule has 2 rings (SSSR count). The first kappa shape index (κ1) is 13.7. The second-order valence-corrected chi connectivity index (χ2v) is 5.13. The largest absolute Gasteiger partial charge is 0.430 e.